The van der Waals surface area contributed by atoms with Crippen LogP contribution in [-0.2, 0) is 9.57 Å². The zero-order valence-electron chi connectivity index (χ0n) is 9.65. The molecule has 3 nitrogen and oxygen atoms in total. The minimum absolute atomic E-state index is 0.0661. The third kappa shape index (κ3) is 1.73. The monoisotopic (exact) mass is 207 g/mol. The second-order valence-electron chi connectivity index (χ2n) is 4.70. The number of hydrogen-bond acceptors (Lipinski definition) is 3. The first-order chi connectivity index (χ1) is 7.04. The summed E-state index contributed by atoms with van der Waals surface area (Å²) in [6.07, 6.45) is -0.277. The standard InChI is InChI=1S/C12H17NO2/c1-12(2,3)13-10-8-6-5-7-9(10)11(14-4)15-13/h5-8,11H,1-4H3. The highest BCUT2D eigenvalue weighted by molar-refractivity contribution is 5.56. The van der Waals surface area contributed by atoms with Crippen LogP contribution in [0.1, 0.15) is 32.6 Å². The largest absolute Gasteiger partial charge is 0.350 e. The molecule has 0 N–H and O–H groups in total. The summed E-state index contributed by atoms with van der Waals surface area (Å²) in [5.74, 6) is 0. The third-order valence-electron chi connectivity index (χ3n) is 2.43. The van der Waals surface area contributed by atoms with E-state index in [1.807, 2.05) is 23.3 Å². The molecule has 1 atom stereocenters. The van der Waals surface area contributed by atoms with Crippen molar-refractivity contribution < 1.29 is 9.57 Å². The fourth-order valence-corrected chi connectivity index (χ4v) is 1.77. The molecule has 0 saturated carbocycles. The molecule has 3 heteroatoms. The van der Waals surface area contributed by atoms with Gasteiger partial charge in [-0.15, -0.1) is 0 Å². The molecule has 82 valence electrons. The Balaban J connectivity index is 2.42. The zero-order chi connectivity index (χ0) is 11.1. The molecule has 0 aromatic heterocycles. The number of hydroxylamine groups is 1. The molecule has 1 heterocycles. The Morgan fingerprint density at radius 1 is 1.27 bits per heavy atom. The Hall–Kier alpha value is -1.06. The van der Waals surface area contributed by atoms with Gasteiger partial charge in [0.1, 0.15) is 0 Å². The maximum atomic E-state index is 5.76. The van der Waals surface area contributed by atoms with Crippen molar-refractivity contribution in [1.82, 2.24) is 0 Å². The number of nitrogens with zero attached hydrogens (tertiary/aromatic N) is 1. The topological polar surface area (TPSA) is 21.7 Å². The van der Waals surface area contributed by atoms with Crippen LogP contribution in [0.15, 0.2) is 24.3 Å². The van der Waals surface area contributed by atoms with Crippen LogP contribution < -0.4 is 5.06 Å². The summed E-state index contributed by atoms with van der Waals surface area (Å²) in [6, 6.07) is 8.11. The Kier molecular flexibility index (Phi) is 2.44. The molecule has 2 rings (SSSR count). The minimum atomic E-state index is -0.277. The second-order valence-corrected chi connectivity index (χ2v) is 4.70. The lowest BCUT2D eigenvalue weighted by molar-refractivity contribution is -0.133. The van der Waals surface area contributed by atoms with E-state index in [-0.39, 0.29) is 11.8 Å². The number of methoxy groups -OCH3 is 1. The van der Waals surface area contributed by atoms with E-state index >= 15 is 0 Å². The number of para-hydroxylation sites is 1. The number of ether oxygens (including phenoxy) is 1. The van der Waals surface area contributed by atoms with Crippen LogP contribution in [-0.4, -0.2) is 12.6 Å². The molecule has 1 aliphatic rings. The first-order valence-electron chi connectivity index (χ1n) is 5.13. The highest BCUT2D eigenvalue weighted by Crippen LogP contribution is 2.41. The third-order valence-corrected chi connectivity index (χ3v) is 2.43. The first kappa shape index (κ1) is 10.5. The SMILES string of the molecule is COC1ON(C(C)(C)C)c2ccccc21. The molecule has 0 spiro atoms. The lowest BCUT2D eigenvalue weighted by Crippen LogP contribution is -2.39. The van der Waals surface area contributed by atoms with Crippen molar-refractivity contribution in [3.8, 4) is 0 Å². The van der Waals surface area contributed by atoms with Gasteiger partial charge in [-0.05, 0) is 26.8 Å². The van der Waals surface area contributed by atoms with Gasteiger partial charge in [0.2, 0.25) is 6.29 Å². The van der Waals surface area contributed by atoms with Crippen molar-refractivity contribution in [3.05, 3.63) is 29.8 Å². The molecule has 0 radical (unpaired) electrons. The van der Waals surface area contributed by atoms with Crippen molar-refractivity contribution in [2.24, 2.45) is 0 Å². The molecule has 1 unspecified atom stereocenters. The van der Waals surface area contributed by atoms with Gasteiger partial charge >= 0.3 is 0 Å². The maximum absolute atomic E-state index is 5.76. The van der Waals surface area contributed by atoms with Crippen molar-refractivity contribution in [2.45, 2.75) is 32.6 Å². The van der Waals surface area contributed by atoms with Crippen LogP contribution in [0.25, 0.3) is 0 Å². The summed E-state index contributed by atoms with van der Waals surface area (Å²) in [6.45, 7) is 6.34. The first-order valence-corrected chi connectivity index (χ1v) is 5.13. The smallest absolute Gasteiger partial charge is 0.211 e. The molecular formula is C12H17NO2. The predicted octanol–water partition coefficient (Wildman–Crippen LogP) is 2.88. The van der Waals surface area contributed by atoms with E-state index in [0.29, 0.717) is 0 Å². The van der Waals surface area contributed by atoms with E-state index in [1.165, 1.54) is 0 Å². The molecule has 0 amide bonds. The number of fused-ring (bicyclic) bond motifs is 1. The fourth-order valence-electron chi connectivity index (χ4n) is 1.77. The van der Waals surface area contributed by atoms with Gasteiger partial charge in [0.05, 0.1) is 11.2 Å². The van der Waals surface area contributed by atoms with Crippen LogP contribution >= 0.6 is 0 Å². The molecule has 1 aromatic carbocycles. The van der Waals surface area contributed by atoms with Crippen LogP contribution in [0.3, 0.4) is 0 Å². The van der Waals surface area contributed by atoms with Gasteiger partial charge in [-0.1, -0.05) is 18.2 Å². The molecule has 15 heavy (non-hydrogen) atoms. The summed E-state index contributed by atoms with van der Waals surface area (Å²) in [5, 5.41) is 1.91. The van der Waals surface area contributed by atoms with Crippen molar-refractivity contribution >= 4 is 5.69 Å². The molecular weight excluding hydrogens is 190 g/mol. The number of rotatable bonds is 1. The normalized spacial score (nSPS) is 20.5. The predicted molar refractivity (Wildman–Crippen MR) is 59.5 cm³/mol. The molecule has 0 aliphatic carbocycles. The molecule has 0 fully saturated rings. The van der Waals surface area contributed by atoms with E-state index in [4.69, 9.17) is 9.57 Å². The summed E-state index contributed by atoms with van der Waals surface area (Å²) < 4.78 is 5.30. The van der Waals surface area contributed by atoms with E-state index in [1.54, 1.807) is 7.11 Å². The zero-order valence-corrected chi connectivity index (χ0v) is 9.65. The highest BCUT2D eigenvalue weighted by atomic mass is 16.8. The average molecular weight is 207 g/mol. The van der Waals surface area contributed by atoms with Crippen LogP contribution in [0.4, 0.5) is 5.69 Å². The minimum Gasteiger partial charge on any atom is -0.350 e. The Morgan fingerprint density at radius 3 is 2.53 bits per heavy atom. The van der Waals surface area contributed by atoms with Gasteiger partial charge in [0.15, 0.2) is 0 Å². The summed E-state index contributed by atoms with van der Waals surface area (Å²) in [5.41, 5.74) is 2.12. The van der Waals surface area contributed by atoms with E-state index < -0.39 is 0 Å². The van der Waals surface area contributed by atoms with Gasteiger partial charge in [-0.3, -0.25) is 0 Å². The molecule has 1 aromatic rings. The van der Waals surface area contributed by atoms with E-state index in [2.05, 4.69) is 26.8 Å². The fraction of sp³-hybridized carbons (Fsp3) is 0.500. The van der Waals surface area contributed by atoms with Crippen LogP contribution in [0.2, 0.25) is 0 Å². The lowest BCUT2D eigenvalue weighted by atomic mass is 10.1. The molecule has 1 aliphatic heterocycles. The van der Waals surface area contributed by atoms with Gasteiger partial charge in [0, 0.05) is 12.7 Å². The van der Waals surface area contributed by atoms with Gasteiger partial charge in [-0.2, -0.15) is 0 Å². The van der Waals surface area contributed by atoms with Crippen molar-refractivity contribution in [3.63, 3.8) is 0 Å². The van der Waals surface area contributed by atoms with Crippen molar-refractivity contribution in [1.29, 1.82) is 0 Å². The second kappa shape index (κ2) is 3.51. The Bertz CT molecular complexity index is 357. The number of anilines is 1. The molecule has 0 bridgehead atoms. The Labute approximate surface area is 90.6 Å². The van der Waals surface area contributed by atoms with Gasteiger partial charge < -0.3 is 4.74 Å². The summed E-state index contributed by atoms with van der Waals surface area (Å²) in [4.78, 5) is 5.76. The van der Waals surface area contributed by atoms with Crippen LogP contribution in [0.5, 0.6) is 0 Å². The van der Waals surface area contributed by atoms with Crippen molar-refractivity contribution in [2.75, 3.05) is 12.2 Å². The number of benzene rings is 1. The lowest BCUT2D eigenvalue weighted by Gasteiger charge is -2.32. The van der Waals surface area contributed by atoms with Crippen LogP contribution in [0, 0.1) is 0 Å². The number of hydrogen-bond donors (Lipinski definition) is 0. The molecule has 0 saturated heterocycles. The Morgan fingerprint density at radius 2 is 1.93 bits per heavy atom. The maximum Gasteiger partial charge on any atom is 0.211 e. The van der Waals surface area contributed by atoms with Gasteiger partial charge in [0.25, 0.3) is 0 Å². The summed E-state index contributed by atoms with van der Waals surface area (Å²) >= 11 is 0. The van der Waals surface area contributed by atoms with Gasteiger partial charge in [-0.25, -0.2) is 9.90 Å². The average Bonchev–Trinajstić information content (AvgIpc) is 2.55. The summed E-state index contributed by atoms with van der Waals surface area (Å²) in [7, 11) is 1.66. The quantitative estimate of drug-likeness (QED) is 0.706. The van der Waals surface area contributed by atoms with E-state index in [9.17, 15) is 0 Å². The van der Waals surface area contributed by atoms with E-state index in [0.717, 1.165) is 11.3 Å². The highest BCUT2D eigenvalue weighted by Gasteiger charge is 2.35.